The van der Waals surface area contributed by atoms with Crippen LogP contribution in [0.1, 0.15) is 55.5 Å². The minimum Gasteiger partial charge on any atom is -0.388 e. The van der Waals surface area contributed by atoms with Crippen molar-refractivity contribution in [3.8, 4) is 0 Å². The van der Waals surface area contributed by atoms with Gasteiger partial charge in [-0.3, -0.25) is 4.79 Å². The van der Waals surface area contributed by atoms with E-state index in [9.17, 15) is 4.79 Å². The Morgan fingerprint density at radius 1 is 1.35 bits per heavy atom. The lowest BCUT2D eigenvalue weighted by molar-refractivity contribution is 0.0902. The van der Waals surface area contributed by atoms with Crippen LogP contribution < -0.4 is 10.6 Å². The van der Waals surface area contributed by atoms with E-state index < -0.39 is 0 Å². The van der Waals surface area contributed by atoms with Crippen LogP contribution in [0.15, 0.2) is 18.2 Å². The van der Waals surface area contributed by atoms with Crippen molar-refractivity contribution in [1.29, 1.82) is 0 Å². The van der Waals surface area contributed by atoms with Gasteiger partial charge in [0.15, 0.2) is 0 Å². The standard InChI is InChI=1S/C17H26N2O/c1-12-10-13(7-8-15(12)18-4)16(20)19-14-6-5-9-17(2,3)11-14/h7-8,10,14,18H,5-6,9,11H2,1-4H3,(H,19,20). The van der Waals surface area contributed by atoms with E-state index in [0.717, 1.165) is 29.7 Å². The lowest BCUT2D eigenvalue weighted by atomic mass is 9.75. The Morgan fingerprint density at radius 3 is 2.70 bits per heavy atom. The highest BCUT2D eigenvalue weighted by Gasteiger charge is 2.28. The molecule has 1 aromatic rings. The first kappa shape index (κ1) is 14.9. The largest absolute Gasteiger partial charge is 0.388 e. The van der Waals surface area contributed by atoms with Crippen molar-refractivity contribution in [2.45, 2.75) is 52.5 Å². The number of hydrogen-bond acceptors (Lipinski definition) is 2. The zero-order valence-corrected chi connectivity index (χ0v) is 13.0. The second-order valence-corrected chi connectivity index (χ2v) is 6.71. The molecule has 1 fully saturated rings. The third-order valence-electron chi connectivity index (χ3n) is 4.30. The third-order valence-corrected chi connectivity index (χ3v) is 4.30. The molecule has 20 heavy (non-hydrogen) atoms. The molecule has 0 spiro atoms. The Hall–Kier alpha value is -1.51. The molecule has 0 radical (unpaired) electrons. The number of amides is 1. The van der Waals surface area contributed by atoms with Gasteiger partial charge in [0.05, 0.1) is 0 Å². The van der Waals surface area contributed by atoms with Crippen molar-refractivity contribution >= 4 is 11.6 Å². The van der Waals surface area contributed by atoms with Crippen LogP contribution in [-0.4, -0.2) is 19.0 Å². The molecule has 0 aromatic heterocycles. The summed E-state index contributed by atoms with van der Waals surface area (Å²) in [5.41, 5.74) is 3.27. The van der Waals surface area contributed by atoms with E-state index in [1.165, 1.54) is 12.8 Å². The fourth-order valence-electron chi connectivity index (χ4n) is 3.18. The first-order valence-corrected chi connectivity index (χ1v) is 7.50. The van der Waals surface area contributed by atoms with Gasteiger partial charge in [-0.1, -0.05) is 20.3 Å². The Labute approximate surface area is 122 Å². The molecule has 1 aliphatic carbocycles. The quantitative estimate of drug-likeness (QED) is 0.881. The molecule has 0 heterocycles. The van der Waals surface area contributed by atoms with Gasteiger partial charge in [-0.2, -0.15) is 0 Å². The van der Waals surface area contributed by atoms with Gasteiger partial charge in [-0.25, -0.2) is 0 Å². The molecule has 2 N–H and O–H groups in total. The van der Waals surface area contributed by atoms with Crippen LogP contribution in [0.5, 0.6) is 0 Å². The molecule has 2 rings (SSSR count). The van der Waals surface area contributed by atoms with Gasteiger partial charge in [0.2, 0.25) is 0 Å². The van der Waals surface area contributed by atoms with Crippen molar-refractivity contribution in [2.75, 3.05) is 12.4 Å². The van der Waals surface area contributed by atoms with Crippen LogP contribution in [-0.2, 0) is 0 Å². The molecule has 1 aliphatic rings. The summed E-state index contributed by atoms with van der Waals surface area (Å²) in [5.74, 6) is 0.0541. The summed E-state index contributed by atoms with van der Waals surface area (Å²) in [6.45, 7) is 6.60. The normalized spacial score (nSPS) is 21.3. The average Bonchev–Trinajstić information content (AvgIpc) is 2.37. The predicted molar refractivity (Wildman–Crippen MR) is 84.2 cm³/mol. The second-order valence-electron chi connectivity index (χ2n) is 6.71. The summed E-state index contributed by atoms with van der Waals surface area (Å²) in [7, 11) is 1.90. The van der Waals surface area contributed by atoms with E-state index in [1.807, 2.05) is 32.2 Å². The van der Waals surface area contributed by atoms with Crippen molar-refractivity contribution in [1.82, 2.24) is 5.32 Å². The number of nitrogens with one attached hydrogen (secondary N) is 2. The SMILES string of the molecule is CNc1ccc(C(=O)NC2CCCC(C)(C)C2)cc1C. The summed E-state index contributed by atoms with van der Waals surface area (Å²) in [5, 5.41) is 6.32. The van der Waals surface area contributed by atoms with E-state index in [0.29, 0.717) is 11.5 Å². The summed E-state index contributed by atoms with van der Waals surface area (Å²) in [4.78, 5) is 12.3. The minimum absolute atomic E-state index is 0.0541. The van der Waals surface area contributed by atoms with Crippen molar-refractivity contribution < 1.29 is 4.79 Å². The number of aryl methyl sites for hydroxylation is 1. The van der Waals surface area contributed by atoms with Gasteiger partial charge in [0.25, 0.3) is 5.91 Å². The van der Waals surface area contributed by atoms with Gasteiger partial charge >= 0.3 is 0 Å². The molecule has 0 bridgehead atoms. The highest BCUT2D eigenvalue weighted by molar-refractivity contribution is 5.95. The second kappa shape index (κ2) is 5.86. The highest BCUT2D eigenvalue weighted by atomic mass is 16.1. The first-order chi connectivity index (χ1) is 9.41. The monoisotopic (exact) mass is 274 g/mol. The first-order valence-electron chi connectivity index (χ1n) is 7.50. The maximum Gasteiger partial charge on any atom is 0.251 e. The summed E-state index contributed by atoms with van der Waals surface area (Å²) in [6, 6.07) is 6.13. The van der Waals surface area contributed by atoms with Gasteiger partial charge < -0.3 is 10.6 Å². The molecule has 1 amide bonds. The Bertz CT molecular complexity index is 494. The van der Waals surface area contributed by atoms with Gasteiger partial charge in [0, 0.05) is 24.3 Å². The Balaban J connectivity index is 2.03. The molecule has 1 unspecified atom stereocenters. The number of hydrogen-bond donors (Lipinski definition) is 2. The zero-order chi connectivity index (χ0) is 14.8. The third kappa shape index (κ3) is 3.53. The molecular weight excluding hydrogens is 248 g/mol. The summed E-state index contributed by atoms with van der Waals surface area (Å²) >= 11 is 0. The fourth-order valence-corrected chi connectivity index (χ4v) is 3.18. The maximum absolute atomic E-state index is 12.3. The molecule has 1 atom stereocenters. The molecule has 3 nitrogen and oxygen atoms in total. The molecule has 1 aromatic carbocycles. The number of rotatable bonds is 3. The fraction of sp³-hybridized carbons (Fsp3) is 0.588. The van der Waals surface area contributed by atoms with Crippen LogP contribution in [0, 0.1) is 12.3 Å². The van der Waals surface area contributed by atoms with Gasteiger partial charge in [-0.15, -0.1) is 0 Å². The Morgan fingerprint density at radius 2 is 2.10 bits per heavy atom. The van der Waals surface area contributed by atoms with Crippen LogP contribution in [0.25, 0.3) is 0 Å². The van der Waals surface area contributed by atoms with Crippen LogP contribution in [0.3, 0.4) is 0 Å². The molecule has 0 saturated heterocycles. The van der Waals surface area contributed by atoms with Crippen LogP contribution >= 0.6 is 0 Å². The predicted octanol–water partition coefficient (Wildman–Crippen LogP) is 3.74. The average molecular weight is 274 g/mol. The molecule has 3 heteroatoms. The molecule has 0 aliphatic heterocycles. The van der Waals surface area contributed by atoms with E-state index in [4.69, 9.17) is 0 Å². The van der Waals surface area contributed by atoms with E-state index in [-0.39, 0.29) is 5.91 Å². The molecular formula is C17H26N2O. The summed E-state index contributed by atoms with van der Waals surface area (Å²) in [6.07, 6.45) is 4.64. The number of benzene rings is 1. The topological polar surface area (TPSA) is 41.1 Å². The summed E-state index contributed by atoms with van der Waals surface area (Å²) < 4.78 is 0. The lowest BCUT2D eigenvalue weighted by Gasteiger charge is -2.35. The van der Waals surface area contributed by atoms with E-state index in [1.54, 1.807) is 0 Å². The number of carbonyl (C=O) groups is 1. The molecule has 110 valence electrons. The van der Waals surface area contributed by atoms with Crippen molar-refractivity contribution in [2.24, 2.45) is 5.41 Å². The zero-order valence-electron chi connectivity index (χ0n) is 13.0. The smallest absolute Gasteiger partial charge is 0.251 e. The molecule has 1 saturated carbocycles. The Kier molecular flexibility index (Phi) is 4.36. The van der Waals surface area contributed by atoms with E-state index >= 15 is 0 Å². The van der Waals surface area contributed by atoms with Crippen molar-refractivity contribution in [3.63, 3.8) is 0 Å². The van der Waals surface area contributed by atoms with Crippen LogP contribution in [0.4, 0.5) is 5.69 Å². The van der Waals surface area contributed by atoms with Gasteiger partial charge in [0.1, 0.15) is 0 Å². The number of anilines is 1. The highest BCUT2D eigenvalue weighted by Crippen LogP contribution is 2.35. The van der Waals surface area contributed by atoms with E-state index in [2.05, 4.69) is 24.5 Å². The lowest BCUT2D eigenvalue weighted by Crippen LogP contribution is -2.40. The van der Waals surface area contributed by atoms with Crippen molar-refractivity contribution in [3.05, 3.63) is 29.3 Å². The van der Waals surface area contributed by atoms with Gasteiger partial charge in [-0.05, 0) is 55.4 Å². The minimum atomic E-state index is 0.0541. The van der Waals surface area contributed by atoms with Crippen LogP contribution in [0.2, 0.25) is 0 Å². The number of carbonyl (C=O) groups excluding carboxylic acids is 1. The maximum atomic E-state index is 12.3.